The number of nitro benzene ring substituents is 1. The monoisotopic (exact) mass is 311 g/mol. The third-order valence-corrected chi connectivity index (χ3v) is 4.06. The Morgan fingerprint density at radius 2 is 2.14 bits per heavy atom. The van der Waals surface area contributed by atoms with E-state index < -0.39 is 27.8 Å². The van der Waals surface area contributed by atoms with Crippen molar-refractivity contribution >= 4 is 29.1 Å². The van der Waals surface area contributed by atoms with Crippen LogP contribution in [-0.4, -0.2) is 34.7 Å². The summed E-state index contributed by atoms with van der Waals surface area (Å²) in [6.45, 7) is 2.14. The minimum absolute atomic E-state index is 0.0822. The zero-order chi connectivity index (χ0) is 15.8. The fourth-order valence-corrected chi connectivity index (χ4v) is 2.62. The molecule has 1 aliphatic rings. The van der Waals surface area contributed by atoms with Gasteiger partial charge in [0.1, 0.15) is 10.6 Å². The van der Waals surface area contributed by atoms with Gasteiger partial charge in [-0.1, -0.05) is 17.7 Å². The van der Waals surface area contributed by atoms with Gasteiger partial charge in [0.25, 0.3) is 5.91 Å². The summed E-state index contributed by atoms with van der Waals surface area (Å²) in [4.78, 5) is 35.6. The van der Waals surface area contributed by atoms with Gasteiger partial charge in [-0.15, -0.1) is 0 Å². The van der Waals surface area contributed by atoms with Gasteiger partial charge in [-0.25, -0.2) is 0 Å². The lowest BCUT2D eigenvalue weighted by Crippen LogP contribution is -2.38. The van der Waals surface area contributed by atoms with Crippen LogP contribution in [0.25, 0.3) is 0 Å². The molecule has 0 radical (unpaired) electrons. The van der Waals surface area contributed by atoms with Crippen LogP contribution in [0.15, 0.2) is 18.2 Å². The molecule has 1 saturated heterocycles. The number of hydrogen-bond donors (Lipinski definition) is 1. The third kappa shape index (κ3) is 2.69. The highest BCUT2D eigenvalue weighted by atomic mass is 35.5. The van der Waals surface area contributed by atoms with Gasteiger partial charge in [0.05, 0.1) is 10.3 Å². The summed E-state index contributed by atoms with van der Waals surface area (Å²) in [6.07, 6.45) is 0.433. The molecule has 1 aliphatic heterocycles. The first-order chi connectivity index (χ1) is 9.76. The molecule has 8 heteroatoms. The van der Waals surface area contributed by atoms with Gasteiger partial charge in [-0.3, -0.25) is 19.7 Å². The molecule has 0 bridgehead atoms. The van der Waals surface area contributed by atoms with Crippen LogP contribution in [-0.2, 0) is 4.79 Å². The molecule has 0 aromatic heterocycles. The number of para-hydroxylation sites is 1. The van der Waals surface area contributed by atoms with Crippen molar-refractivity contribution < 1.29 is 14.5 Å². The van der Waals surface area contributed by atoms with E-state index in [1.807, 2.05) is 0 Å². The Balaban J connectivity index is 2.33. The molecule has 2 amide bonds. The Bertz CT molecular complexity index is 634. The summed E-state index contributed by atoms with van der Waals surface area (Å²) in [5.74, 6) is -1.01. The van der Waals surface area contributed by atoms with Crippen molar-refractivity contribution in [2.45, 2.75) is 13.3 Å². The fourth-order valence-electron chi connectivity index (χ4n) is 2.38. The highest BCUT2D eigenvalue weighted by Gasteiger charge is 2.42. The number of nitrogens with zero attached hydrogens (tertiary/aromatic N) is 2. The van der Waals surface area contributed by atoms with E-state index in [1.165, 1.54) is 23.1 Å². The number of benzene rings is 1. The minimum Gasteiger partial charge on any atom is -0.369 e. The van der Waals surface area contributed by atoms with Gasteiger partial charge >= 0.3 is 5.69 Å². The minimum atomic E-state index is -0.803. The smallest absolute Gasteiger partial charge is 0.300 e. The number of primary amides is 1. The number of hydrogen-bond acceptors (Lipinski definition) is 4. The quantitative estimate of drug-likeness (QED) is 0.675. The van der Waals surface area contributed by atoms with Crippen molar-refractivity contribution in [1.29, 1.82) is 0 Å². The summed E-state index contributed by atoms with van der Waals surface area (Å²) < 4.78 is 0. The number of carbonyl (C=O) groups is 2. The predicted molar refractivity (Wildman–Crippen MR) is 75.9 cm³/mol. The molecule has 0 aliphatic carbocycles. The first-order valence-corrected chi connectivity index (χ1v) is 6.66. The van der Waals surface area contributed by atoms with E-state index in [9.17, 15) is 19.7 Å². The Labute approximate surface area is 125 Å². The molecule has 112 valence electrons. The molecule has 1 aromatic rings. The maximum atomic E-state index is 12.4. The lowest BCUT2D eigenvalue weighted by Gasteiger charge is -2.21. The standard InChI is InChI=1S/C13H14ClN3O4/c1-13(12(15)19)5-6-16(7-13)11(18)8-3-2-4-9(14)10(8)17(20)21/h2-4H,5-7H2,1H3,(H2,15,19). The number of carbonyl (C=O) groups excluding carboxylic acids is 2. The van der Waals surface area contributed by atoms with Crippen LogP contribution in [0.5, 0.6) is 0 Å². The zero-order valence-electron chi connectivity index (χ0n) is 11.3. The molecule has 1 unspecified atom stereocenters. The number of nitrogens with two attached hydrogens (primary N) is 1. The molecule has 1 atom stereocenters. The number of halogens is 1. The SMILES string of the molecule is CC1(C(N)=O)CCN(C(=O)c2cccc(Cl)c2[N+](=O)[O-])C1. The van der Waals surface area contributed by atoms with E-state index in [4.69, 9.17) is 17.3 Å². The molecule has 1 fully saturated rings. The van der Waals surface area contributed by atoms with E-state index in [1.54, 1.807) is 6.92 Å². The van der Waals surface area contributed by atoms with Gasteiger partial charge in [0.15, 0.2) is 0 Å². The average Bonchev–Trinajstić information content (AvgIpc) is 2.81. The summed E-state index contributed by atoms with van der Waals surface area (Å²) in [5, 5.41) is 11.0. The highest BCUT2D eigenvalue weighted by molar-refractivity contribution is 6.33. The Hall–Kier alpha value is -2.15. The van der Waals surface area contributed by atoms with Crippen LogP contribution >= 0.6 is 11.6 Å². The molecule has 21 heavy (non-hydrogen) atoms. The van der Waals surface area contributed by atoms with Crippen molar-refractivity contribution in [1.82, 2.24) is 4.90 Å². The predicted octanol–water partition coefficient (Wildman–Crippen LogP) is 1.59. The van der Waals surface area contributed by atoms with Crippen molar-refractivity contribution in [3.8, 4) is 0 Å². The fraction of sp³-hybridized carbons (Fsp3) is 0.385. The van der Waals surface area contributed by atoms with Gasteiger partial charge in [0, 0.05) is 13.1 Å². The molecule has 1 aromatic carbocycles. The van der Waals surface area contributed by atoms with E-state index in [2.05, 4.69) is 0 Å². The van der Waals surface area contributed by atoms with Crippen LogP contribution < -0.4 is 5.73 Å². The lowest BCUT2D eigenvalue weighted by atomic mass is 9.89. The second-order valence-electron chi connectivity index (χ2n) is 5.29. The van der Waals surface area contributed by atoms with Crippen molar-refractivity contribution in [2.24, 2.45) is 11.1 Å². The molecule has 2 rings (SSSR count). The molecule has 1 heterocycles. The van der Waals surface area contributed by atoms with Crippen molar-refractivity contribution in [3.63, 3.8) is 0 Å². The molecule has 2 N–H and O–H groups in total. The largest absolute Gasteiger partial charge is 0.369 e. The summed E-state index contributed by atoms with van der Waals surface area (Å²) in [7, 11) is 0. The van der Waals surface area contributed by atoms with Gasteiger partial charge < -0.3 is 10.6 Å². The number of nitro groups is 1. The molecular formula is C13H14ClN3O4. The summed E-state index contributed by atoms with van der Waals surface area (Å²) in [5.41, 5.74) is 4.02. The van der Waals surface area contributed by atoms with E-state index in [0.29, 0.717) is 13.0 Å². The lowest BCUT2D eigenvalue weighted by molar-refractivity contribution is -0.385. The number of amides is 2. The Morgan fingerprint density at radius 1 is 1.48 bits per heavy atom. The summed E-state index contributed by atoms with van der Waals surface area (Å²) >= 11 is 5.80. The maximum absolute atomic E-state index is 12.4. The van der Waals surface area contributed by atoms with Crippen molar-refractivity contribution in [3.05, 3.63) is 38.9 Å². The molecule has 0 saturated carbocycles. The van der Waals surface area contributed by atoms with Crippen LogP contribution in [0, 0.1) is 15.5 Å². The molecule has 7 nitrogen and oxygen atoms in total. The first-order valence-electron chi connectivity index (χ1n) is 6.28. The normalized spacial score (nSPS) is 21.3. The van der Waals surface area contributed by atoms with Gasteiger partial charge in [-0.2, -0.15) is 0 Å². The number of likely N-dealkylation sites (tertiary alicyclic amines) is 1. The molecular weight excluding hydrogens is 298 g/mol. The van der Waals surface area contributed by atoms with Crippen molar-refractivity contribution in [2.75, 3.05) is 13.1 Å². The first kappa shape index (κ1) is 15.2. The van der Waals surface area contributed by atoms with E-state index in [0.717, 1.165) is 0 Å². The summed E-state index contributed by atoms with van der Waals surface area (Å²) in [6, 6.07) is 4.19. The zero-order valence-corrected chi connectivity index (χ0v) is 12.1. The average molecular weight is 312 g/mol. The second kappa shape index (κ2) is 5.33. The van der Waals surface area contributed by atoms with Crippen LogP contribution in [0.1, 0.15) is 23.7 Å². The highest BCUT2D eigenvalue weighted by Crippen LogP contribution is 2.33. The Morgan fingerprint density at radius 3 is 2.67 bits per heavy atom. The second-order valence-corrected chi connectivity index (χ2v) is 5.70. The third-order valence-electron chi connectivity index (χ3n) is 3.76. The van der Waals surface area contributed by atoms with Crippen LogP contribution in [0.4, 0.5) is 5.69 Å². The topological polar surface area (TPSA) is 107 Å². The van der Waals surface area contributed by atoms with Gasteiger partial charge in [-0.05, 0) is 25.5 Å². The maximum Gasteiger partial charge on any atom is 0.300 e. The Kier molecular flexibility index (Phi) is 3.87. The van der Waals surface area contributed by atoms with Gasteiger partial charge in [0.2, 0.25) is 5.91 Å². The number of rotatable bonds is 3. The molecule has 0 spiro atoms. The van der Waals surface area contributed by atoms with Crippen LogP contribution in [0.3, 0.4) is 0 Å². The van der Waals surface area contributed by atoms with E-state index >= 15 is 0 Å². The van der Waals surface area contributed by atoms with E-state index in [-0.39, 0.29) is 17.1 Å². The van der Waals surface area contributed by atoms with Crippen LogP contribution in [0.2, 0.25) is 5.02 Å².